The summed E-state index contributed by atoms with van der Waals surface area (Å²) in [6, 6.07) is 6.62. The predicted octanol–water partition coefficient (Wildman–Crippen LogP) is 1.33. The van der Waals surface area contributed by atoms with Gasteiger partial charge in [0, 0.05) is 30.9 Å². The molecular formula is C14H21N3O3. The molecule has 0 unspecified atom stereocenters. The van der Waals surface area contributed by atoms with Crippen molar-refractivity contribution in [3.8, 4) is 0 Å². The third-order valence-electron chi connectivity index (χ3n) is 2.63. The summed E-state index contributed by atoms with van der Waals surface area (Å²) in [4.78, 5) is 11.9. The molecular weight excluding hydrogens is 258 g/mol. The number of carbonyl (C=O) groups is 1. The average molecular weight is 279 g/mol. The second-order valence-electron chi connectivity index (χ2n) is 4.29. The molecule has 0 spiro atoms. The number of nitrogens with zero attached hydrogens (tertiary/aromatic N) is 1. The summed E-state index contributed by atoms with van der Waals surface area (Å²) in [7, 11) is 0. The van der Waals surface area contributed by atoms with Crippen molar-refractivity contribution in [2.45, 2.75) is 19.8 Å². The first-order valence-corrected chi connectivity index (χ1v) is 6.63. The molecule has 4 N–H and O–H groups in total. The first kappa shape index (κ1) is 16.0. The zero-order valence-electron chi connectivity index (χ0n) is 11.6. The van der Waals surface area contributed by atoms with Gasteiger partial charge in [-0.2, -0.15) is 0 Å². The van der Waals surface area contributed by atoms with Crippen LogP contribution in [0.15, 0.2) is 29.4 Å². The minimum atomic E-state index is -0.187. The van der Waals surface area contributed by atoms with Gasteiger partial charge >= 0.3 is 0 Å². The molecule has 0 heterocycles. The third-order valence-corrected chi connectivity index (χ3v) is 2.63. The van der Waals surface area contributed by atoms with Gasteiger partial charge in [0.25, 0.3) is 5.91 Å². The molecule has 1 aromatic carbocycles. The first-order valence-electron chi connectivity index (χ1n) is 6.63. The fraction of sp³-hybridized carbons (Fsp3) is 0.429. The van der Waals surface area contributed by atoms with Crippen LogP contribution < -0.4 is 11.1 Å². The molecule has 6 nitrogen and oxygen atoms in total. The largest absolute Gasteiger partial charge is 0.409 e. The fourth-order valence-electron chi connectivity index (χ4n) is 1.60. The van der Waals surface area contributed by atoms with Crippen molar-refractivity contribution in [1.82, 2.24) is 5.32 Å². The molecule has 0 aliphatic heterocycles. The molecule has 0 aromatic heterocycles. The maximum absolute atomic E-state index is 11.9. The van der Waals surface area contributed by atoms with E-state index < -0.39 is 0 Å². The van der Waals surface area contributed by atoms with E-state index in [1.807, 2.05) is 0 Å². The zero-order chi connectivity index (χ0) is 14.8. The highest BCUT2D eigenvalue weighted by molar-refractivity contribution is 6.01. The molecule has 0 radical (unpaired) electrons. The highest BCUT2D eigenvalue weighted by Gasteiger charge is 2.07. The van der Waals surface area contributed by atoms with Gasteiger partial charge in [-0.25, -0.2) is 0 Å². The highest BCUT2D eigenvalue weighted by Crippen LogP contribution is 2.05. The van der Waals surface area contributed by atoms with Crippen LogP contribution in [0.1, 0.15) is 35.7 Å². The van der Waals surface area contributed by atoms with Crippen molar-refractivity contribution in [3.05, 3.63) is 35.4 Å². The van der Waals surface area contributed by atoms with Crippen molar-refractivity contribution in [2.24, 2.45) is 10.9 Å². The van der Waals surface area contributed by atoms with Crippen LogP contribution in [0.25, 0.3) is 0 Å². The average Bonchev–Trinajstić information content (AvgIpc) is 2.49. The lowest BCUT2D eigenvalue weighted by Gasteiger charge is -2.07. The lowest BCUT2D eigenvalue weighted by atomic mass is 10.1. The Morgan fingerprint density at radius 3 is 2.85 bits per heavy atom. The molecule has 1 rings (SSSR count). The van der Waals surface area contributed by atoms with Gasteiger partial charge in [0.1, 0.15) is 0 Å². The van der Waals surface area contributed by atoms with Gasteiger partial charge in [0.05, 0.1) is 0 Å². The molecule has 20 heavy (non-hydrogen) atoms. The van der Waals surface area contributed by atoms with E-state index in [1.165, 1.54) is 0 Å². The van der Waals surface area contributed by atoms with E-state index in [2.05, 4.69) is 17.4 Å². The van der Waals surface area contributed by atoms with Crippen LogP contribution in [0.4, 0.5) is 0 Å². The number of carbonyl (C=O) groups excluding carboxylic acids is 1. The number of nitrogens with two attached hydrogens (primary N) is 1. The topological polar surface area (TPSA) is 96.9 Å². The molecule has 1 amide bonds. The van der Waals surface area contributed by atoms with Gasteiger partial charge in [-0.3, -0.25) is 4.79 Å². The zero-order valence-corrected chi connectivity index (χ0v) is 11.6. The Morgan fingerprint density at radius 2 is 2.15 bits per heavy atom. The summed E-state index contributed by atoms with van der Waals surface area (Å²) in [5.74, 6) is -0.208. The van der Waals surface area contributed by atoms with Gasteiger partial charge in [-0.1, -0.05) is 24.2 Å². The van der Waals surface area contributed by atoms with Crippen molar-refractivity contribution < 1.29 is 14.7 Å². The van der Waals surface area contributed by atoms with Crippen molar-refractivity contribution >= 4 is 11.7 Å². The maximum Gasteiger partial charge on any atom is 0.251 e. The predicted molar refractivity (Wildman–Crippen MR) is 77.0 cm³/mol. The first-order chi connectivity index (χ1) is 9.69. The Morgan fingerprint density at radius 1 is 1.40 bits per heavy atom. The summed E-state index contributed by atoms with van der Waals surface area (Å²) in [5, 5.41) is 14.3. The van der Waals surface area contributed by atoms with E-state index in [9.17, 15) is 4.79 Å². The number of rotatable bonds is 8. The van der Waals surface area contributed by atoms with Gasteiger partial charge in [0.2, 0.25) is 0 Å². The molecule has 1 aromatic rings. The maximum atomic E-state index is 11.9. The van der Waals surface area contributed by atoms with E-state index in [1.54, 1.807) is 24.3 Å². The molecule has 6 heteroatoms. The molecule has 0 bridgehead atoms. The number of amidine groups is 1. The fourth-order valence-corrected chi connectivity index (χ4v) is 1.60. The molecule has 0 fully saturated rings. The standard InChI is InChI=1S/C14H21N3O3/c1-2-8-20-9-4-7-16-14(18)12-6-3-5-11(10-12)13(15)17-19/h3,5-6,10,19H,2,4,7-9H2,1H3,(H2,15,17)(H,16,18). The summed E-state index contributed by atoms with van der Waals surface area (Å²) >= 11 is 0. The molecule has 0 aliphatic carbocycles. The van der Waals surface area contributed by atoms with Crippen molar-refractivity contribution in [3.63, 3.8) is 0 Å². The normalized spacial score (nSPS) is 11.3. The Bertz CT molecular complexity index is 461. The molecule has 110 valence electrons. The summed E-state index contributed by atoms with van der Waals surface area (Å²) in [6.07, 6.45) is 1.76. The second kappa shape index (κ2) is 8.92. The smallest absolute Gasteiger partial charge is 0.251 e. The van der Waals surface area contributed by atoms with Crippen LogP contribution in [0.3, 0.4) is 0 Å². The minimum absolute atomic E-state index is 0.0207. The molecule has 0 saturated carbocycles. The van der Waals surface area contributed by atoms with Crippen LogP contribution in [-0.4, -0.2) is 36.7 Å². The van der Waals surface area contributed by atoms with Gasteiger partial charge in [-0.15, -0.1) is 0 Å². The minimum Gasteiger partial charge on any atom is -0.409 e. The number of hydrogen-bond acceptors (Lipinski definition) is 4. The molecule has 0 atom stereocenters. The number of amides is 1. The monoisotopic (exact) mass is 279 g/mol. The SMILES string of the molecule is CCCOCCCNC(=O)c1cccc(/C(N)=N/O)c1. The van der Waals surface area contributed by atoms with Gasteiger partial charge in [0.15, 0.2) is 5.84 Å². The third kappa shape index (κ3) is 5.27. The number of benzene rings is 1. The Labute approximate surface area is 118 Å². The summed E-state index contributed by atoms with van der Waals surface area (Å²) in [6.45, 7) is 3.99. The number of hydrogen-bond donors (Lipinski definition) is 3. The Balaban J connectivity index is 2.43. The van der Waals surface area contributed by atoms with E-state index in [0.717, 1.165) is 19.4 Å². The molecule has 0 saturated heterocycles. The lowest BCUT2D eigenvalue weighted by Crippen LogP contribution is -2.25. The van der Waals surface area contributed by atoms with E-state index in [4.69, 9.17) is 15.7 Å². The van der Waals surface area contributed by atoms with Gasteiger partial charge in [-0.05, 0) is 25.0 Å². The van der Waals surface area contributed by atoms with Crippen LogP contribution in [0, 0.1) is 0 Å². The summed E-state index contributed by atoms with van der Waals surface area (Å²) < 4.78 is 5.32. The second-order valence-corrected chi connectivity index (χ2v) is 4.29. The Hall–Kier alpha value is -2.08. The Kier molecular flexibility index (Phi) is 7.13. The van der Waals surface area contributed by atoms with Gasteiger partial charge < -0.3 is 21.0 Å². The van der Waals surface area contributed by atoms with Crippen LogP contribution in [0.2, 0.25) is 0 Å². The summed E-state index contributed by atoms with van der Waals surface area (Å²) in [5.41, 5.74) is 6.46. The van der Waals surface area contributed by atoms with Crippen molar-refractivity contribution in [1.29, 1.82) is 0 Å². The van der Waals surface area contributed by atoms with Crippen LogP contribution >= 0.6 is 0 Å². The number of nitrogens with one attached hydrogen (secondary N) is 1. The number of oxime groups is 1. The lowest BCUT2D eigenvalue weighted by molar-refractivity contribution is 0.0941. The number of ether oxygens (including phenoxy) is 1. The molecule has 0 aliphatic rings. The quantitative estimate of drug-likeness (QED) is 0.220. The van der Waals surface area contributed by atoms with Crippen LogP contribution in [0.5, 0.6) is 0 Å². The highest BCUT2D eigenvalue weighted by atomic mass is 16.5. The van der Waals surface area contributed by atoms with Crippen LogP contribution in [-0.2, 0) is 4.74 Å². The van der Waals surface area contributed by atoms with E-state index >= 15 is 0 Å². The van der Waals surface area contributed by atoms with E-state index in [-0.39, 0.29) is 11.7 Å². The van der Waals surface area contributed by atoms with Crippen molar-refractivity contribution in [2.75, 3.05) is 19.8 Å². The van der Waals surface area contributed by atoms with E-state index in [0.29, 0.717) is 24.3 Å².